The number of hydrogen-bond donors (Lipinski definition) is 1. The summed E-state index contributed by atoms with van der Waals surface area (Å²) in [4.78, 5) is 1.12. The monoisotopic (exact) mass is 303 g/mol. The Morgan fingerprint density at radius 1 is 1.38 bits per heavy atom. The molecule has 0 atom stereocenters. The number of nitrogens with zero attached hydrogens (tertiary/aromatic N) is 2. The van der Waals surface area contributed by atoms with Gasteiger partial charge in [-0.25, -0.2) is 0 Å². The van der Waals surface area contributed by atoms with Crippen molar-refractivity contribution in [3.8, 4) is 5.75 Å². The molecule has 112 valence electrons. The first-order chi connectivity index (χ1) is 10.2. The summed E-state index contributed by atoms with van der Waals surface area (Å²) in [6, 6.07) is 8.81. The number of aromatic nitrogens is 2. The lowest BCUT2D eigenvalue weighted by Gasteiger charge is -2.10. The van der Waals surface area contributed by atoms with E-state index in [1.54, 1.807) is 18.9 Å². The molecule has 1 aliphatic rings. The number of methoxy groups -OCH3 is 1. The molecule has 1 N–H and O–H groups in total. The minimum Gasteiger partial charge on any atom is -0.496 e. The van der Waals surface area contributed by atoms with Gasteiger partial charge in [-0.05, 0) is 31.9 Å². The van der Waals surface area contributed by atoms with Gasteiger partial charge in [-0.1, -0.05) is 23.9 Å². The maximum atomic E-state index is 5.45. The van der Waals surface area contributed by atoms with Crippen LogP contribution in [-0.4, -0.2) is 22.9 Å². The maximum absolute atomic E-state index is 5.45. The molecular formula is C16H21N3OS. The third kappa shape index (κ3) is 3.24. The molecule has 1 aromatic heterocycles. The topological polar surface area (TPSA) is 39.1 Å². The Bertz CT molecular complexity index is 634. The summed E-state index contributed by atoms with van der Waals surface area (Å²) in [6.45, 7) is 2.97. The Hall–Kier alpha value is -1.46. The van der Waals surface area contributed by atoms with E-state index in [1.165, 1.54) is 23.4 Å². The molecule has 0 radical (unpaired) electrons. The molecule has 1 aromatic carbocycles. The molecule has 0 amide bonds. The molecule has 0 unspecified atom stereocenters. The van der Waals surface area contributed by atoms with Gasteiger partial charge in [0.15, 0.2) is 0 Å². The number of nitrogens with one attached hydrogen (secondary N) is 1. The molecule has 1 saturated carbocycles. The molecule has 21 heavy (non-hydrogen) atoms. The van der Waals surface area contributed by atoms with E-state index in [0.29, 0.717) is 6.04 Å². The van der Waals surface area contributed by atoms with Crippen LogP contribution >= 0.6 is 11.8 Å². The van der Waals surface area contributed by atoms with Gasteiger partial charge in [-0.15, -0.1) is 0 Å². The van der Waals surface area contributed by atoms with E-state index in [-0.39, 0.29) is 0 Å². The van der Waals surface area contributed by atoms with Crippen molar-refractivity contribution in [3.05, 3.63) is 35.5 Å². The number of ether oxygens (including phenoxy) is 1. The van der Waals surface area contributed by atoms with E-state index in [2.05, 4.69) is 23.4 Å². The van der Waals surface area contributed by atoms with Gasteiger partial charge in [0.05, 0.1) is 17.7 Å². The fourth-order valence-electron chi connectivity index (χ4n) is 2.35. The van der Waals surface area contributed by atoms with Crippen molar-refractivity contribution in [1.29, 1.82) is 0 Å². The van der Waals surface area contributed by atoms with Crippen LogP contribution in [0.2, 0.25) is 0 Å². The Morgan fingerprint density at radius 2 is 2.14 bits per heavy atom. The van der Waals surface area contributed by atoms with Gasteiger partial charge in [0.1, 0.15) is 10.8 Å². The fourth-order valence-corrected chi connectivity index (χ4v) is 3.48. The molecule has 1 aliphatic carbocycles. The zero-order valence-corrected chi connectivity index (χ0v) is 13.5. The van der Waals surface area contributed by atoms with Crippen molar-refractivity contribution < 1.29 is 4.74 Å². The van der Waals surface area contributed by atoms with E-state index in [9.17, 15) is 0 Å². The smallest absolute Gasteiger partial charge is 0.132 e. The van der Waals surface area contributed by atoms with Gasteiger partial charge in [-0.2, -0.15) is 5.10 Å². The molecule has 5 heteroatoms. The Balaban J connectivity index is 1.86. The molecule has 0 spiro atoms. The minimum absolute atomic E-state index is 0.703. The van der Waals surface area contributed by atoms with Crippen molar-refractivity contribution in [2.75, 3.05) is 7.11 Å². The Labute approximate surface area is 129 Å². The second-order valence-corrected chi connectivity index (χ2v) is 6.43. The minimum atomic E-state index is 0.703. The molecule has 4 nitrogen and oxygen atoms in total. The van der Waals surface area contributed by atoms with E-state index in [1.807, 2.05) is 29.9 Å². The molecule has 0 saturated heterocycles. The molecule has 0 bridgehead atoms. The molecule has 0 aliphatic heterocycles. The second kappa shape index (κ2) is 6.12. The first kappa shape index (κ1) is 14.5. The molecular weight excluding hydrogens is 282 g/mol. The van der Waals surface area contributed by atoms with Crippen LogP contribution in [0, 0.1) is 6.92 Å². The van der Waals surface area contributed by atoms with Crippen molar-refractivity contribution in [2.45, 2.75) is 42.3 Å². The molecule has 3 rings (SSSR count). The summed E-state index contributed by atoms with van der Waals surface area (Å²) in [6.07, 6.45) is 2.60. The zero-order valence-electron chi connectivity index (χ0n) is 12.7. The average molecular weight is 303 g/mol. The Kier molecular flexibility index (Phi) is 4.22. The number of benzene rings is 1. The maximum Gasteiger partial charge on any atom is 0.132 e. The Morgan fingerprint density at radius 3 is 2.86 bits per heavy atom. The zero-order chi connectivity index (χ0) is 14.8. The lowest BCUT2D eigenvalue weighted by molar-refractivity contribution is 0.405. The number of para-hydroxylation sites is 1. The van der Waals surface area contributed by atoms with Crippen LogP contribution in [0.25, 0.3) is 0 Å². The van der Waals surface area contributed by atoms with Crippen LogP contribution in [0.4, 0.5) is 0 Å². The van der Waals surface area contributed by atoms with E-state index >= 15 is 0 Å². The fraction of sp³-hybridized carbons (Fsp3) is 0.438. The van der Waals surface area contributed by atoms with Gasteiger partial charge in [0.25, 0.3) is 0 Å². The highest BCUT2D eigenvalue weighted by molar-refractivity contribution is 7.99. The lowest BCUT2D eigenvalue weighted by atomic mass is 10.2. The molecule has 2 aromatic rings. The SMILES string of the molecule is COc1ccccc1Sc1c(CNC2CC2)c(C)nn1C. The average Bonchev–Trinajstić information content (AvgIpc) is 3.26. The highest BCUT2D eigenvalue weighted by Crippen LogP contribution is 2.37. The van der Waals surface area contributed by atoms with Gasteiger partial charge in [0, 0.05) is 25.2 Å². The summed E-state index contributed by atoms with van der Waals surface area (Å²) in [5.41, 5.74) is 2.39. The number of hydrogen-bond acceptors (Lipinski definition) is 4. The lowest BCUT2D eigenvalue weighted by Crippen LogP contribution is -2.16. The highest BCUT2D eigenvalue weighted by Gasteiger charge is 2.22. The largest absolute Gasteiger partial charge is 0.496 e. The van der Waals surface area contributed by atoms with Crippen LogP contribution < -0.4 is 10.1 Å². The number of rotatable bonds is 6. The van der Waals surface area contributed by atoms with Crippen LogP contribution in [-0.2, 0) is 13.6 Å². The predicted molar refractivity (Wildman–Crippen MR) is 84.9 cm³/mol. The highest BCUT2D eigenvalue weighted by atomic mass is 32.2. The third-order valence-corrected chi connectivity index (χ3v) is 4.97. The van der Waals surface area contributed by atoms with Crippen LogP contribution in [0.5, 0.6) is 5.75 Å². The second-order valence-electron chi connectivity index (χ2n) is 5.40. The molecule has 1 fully saturated rings. The third-order valence-electron chi connectivity index (χ3n) is 3.71. The van der Waals surface area contributed by atoms with Gasteiger partial charge < -0.3 is 10.1 Å². The number of aryl methyl sites for hydroxylation is 2. The van der Waals surface area contributed by atoms with Crippen LogP contribution in [0.15, 0.2) is 34.2 Å². The summed E-state index contributed by atoms with van der Waals surface area (Å²) >= 11 is 1.72. The van der Waals surface area contributed by atoms with Gasteiger partial charge in [0.2, 0.25) is 0 Å². The molecule has 1 heterocycles. The van der Waals surface area contributed by atoms with E-state index < -0.39 is 0 Å². The quantitative estimate of drug-likeness (QED) is 0.890. The van der Waals surface area contributed by atoms with Crippen molar-refractivity contribution in [3.63, 3.8) is 0 Å². The van der Waals surface area contributed by atoms with Crippen molar-refractivity contribution in [2.24, 2.45) is 7.05 Å². The standard InChI is InChI=1S/C16H21N3OS/c1-11-13(10-17-12-8-9-12)16(19(2)18-11)21-15-7-5-4-6-14(15)20-3/h4-7,12,17H,8-10H2,1-3H3. The predicted octanol–water partition coefficient (Wildman–Crippen LogP) is 3.14. The van der Waals surface area contributed by atoms with Crippen molar-refractivity contribution in [1.82, 2.24) is 15.1 Å². The van der Waals surface area contributed by atoms with E-state index in [4.69, 9.17) is 4.74 Å². The van der Waals surface area contributed by atoms with Crippen LogP contribution in [0.1, 0.15) is 24.1 Å². The summed E-state index contributed by atoms with van der Waals surface area (Å²) in [5.74, 6) is 0.905. The van der Waals surface area contributed by atoms with Crippen LogP contribution in [0.3, 0.4) is 0 Å². The summed E-state index contributed by atoms with van der Waals surface area (Å²) in [7, 11) is 3.72. The van der Waals surface area contributed by atoms with Gasteiger partial charge >= 0.3 is 0 Å². The summed E-state index contributed by atoms with van der Waals surface area (Å²) < 4.78 is 7.41. The first-order valence-corrected chi connectivity index (χ1v) is 8.07. The van der Waals surface area contributed by atoms with E-state index in [0.717, 1.165) is 22.9 Å². The van der Waals surface area contributed by atoms with Crippen molar-refractivity contribution >= 4 is 11.8 Å². The van der Waals surface area contributed by atoms with Gasteiger partial charge in [-0.3, -0.25) is 4.68 Å². The normalized spacial score (nSPS) is 14.4. The first-order valence-electron chi connectivity index (χ1n) is 7.25. The summed E-state index contributed by atoms with van der Waals surface area (Å²) in [5, 5.41) is 9.35.